The van der Waals surface area contributed by atoms with Crippen molar-refractivity contribution in [1.82, 2.24) is 9.80 Å². The summed E-state index contributed by atoms with van der Waals surface area (Å²) >= 11 is 0. The van der Waals surface area contributed by atoms with Crippen molar-refractivity contribution in [2.24, 2.45) is 0 Å². The standard InChI is InChI=1S/C26H38N2O3/c1-27(17-21-10-6-4-7-11-21)19-24(29)20-31-26-16-22(14-15-25(26)30-3)18-28(2)23-12-8-5-9-13-23/h4,6-7,10-11,14-16,23-24,29H,5,8-9,12-13,17-20H2,1-3H3. The number of likely N-dealkylation sites (N-methyl/N-ethyl adjacent to an activating group) is 1. The van der Waals surface area contributed by atoms with Crippen LogP contribution in [0.15, 0.2) is 48.5 Å². The first-order valence-corrected chi connectivity index (χ1v) is 11.5. The first-order valence-electron chi connectivity index (χ1n) is 11.5. The minimum Gasteiger partial charge on any atom is -0.493 e. The average Bonchev–Trinajstić information content (AvgIpc) is 2.79. The van der Waals surface area contributed by atoms with Gasteiger partial charge < -0.3 is 14.6 Å². The molecule has 0 amide bonds. The van der Waals surface area contributed by atoms with Gasteiger partial charge in [0.15, 0.2) is 11.5 Å². The van der Waals surface area contributed by atoms with E-state index in [1.165, 1.54) is 43.2 Å². The van der Waals surface area contributed by atoms with E-state index in [2.05, 4.69) is 41.1 Å². The van der Waals surface area contributed by atoms with Gasteiger partial charge in [-0.05, 0) is 50.2 Å². The lowest BCUT2D eigenvalue weighted by molar-refractivity contribution is 0.0732. The zero-order valence-corrected chi connectivity index (χ0v) is 19.3. The average molecular weight is 427 g/mol. The minimum atomic E-state index is -0.577. The predicted octanol–water partition coefficient (Wildman–Crippen LogP) is 4.33. The highest BCUT2D eigenvalue weighted by Gasteiger charge is 2.19. The molecule has 0 heterocycles. The molecule has 3 rings (SSSR count). The van der Waals surface area contributed by atoms with E-state index < -0.39 is 6.10 Å². The van der Waals surface area contributed by atoms with Crippen molar-refractivity contribution >= 4 is 0 Å². The zero-order chi connectivity index (χ0) is 22.1. The smallest absolute Gasteiger partial charge is 0.161 e. The molecular weight excluding hydrogens is 388 g/mol. The van der Waals surface area contributed by atoms with Crippen LogP contribution in [-0.4, -0.2) is 61.4 Å². The van der Waals surface area contributed by atoms with Crippen molar-refractivity contribution in [3.05, 3.63) is 59.7 Å². The third-order valence-corrected chi connectivity index (χ3v) is 6.11. The Bertz CT molecular complexity index is 777. The predicted molar refractivity (Wildman–Crippen MR) is 126 cm³/mol. The molecule has 1 fully saturated rings. The van der Waals surface area contributed by atoms with Crippen LogP contribution in [0, 0.1) is 0 Å². The van der Waals surface area contributed by atoms with E-state index in [0.29, 0.717) is 24.1 Å². The fraction of sp³-hybridized carbons (Fsp3) is 0.538. The largest absolute Gasteiger partial charge is 0.493 e. The maximum atomic E-state index is 10.5. The van der Waals surface area contributed by atoms with Gasteiger partial charge in [0, 0.05) is 25.7 Å². The Labute approximate surface area is 187 Å². The summed E-state index contributed by atoms with van der Waals surface area (Å²) in [5, 5.41) is 10.5. The number of nitrogens with zero attached hydrogens (tertiary/aromatic N) is 2. The summed E-state index contributed by atoms with van der Waals surface area (Å²) in [6.07, 6.45) is 6.04. The summed E-state index contributed by atoms with van der Waals surface area (Å²) in [6.45, 7) is 2.47. The number of rotatable bonds is 11. The second-order valence-corrected chi connectivity index (χ2v) is 8.84. The number of benzene rings is 2. The Balaban J connectivity index is 1.52. The molecule has 1 N–H and O–H groups in total. The Kier molecular flexibility index (Phi) is 9.19. The molecule has 0 radical (unpaired) electrons. The first kappa shape index (κ1) is 23.6. The Morgan fingerprint density at radius 1 is 0.935 bits per heavy atom. The molecule has 170 valence electrons. The lowest BCUT2D eigenvalue weighted by atomic mass is 9.94. The molecule has 5 nitrogen and oxygen atoms in total. The highest BCUT2D eigenvalue weighted by molar-refractivity contribution is 5.43. The van der Waals surface area contributed by atoms with Gasteiger partial charge in [0.25, 0.3) is 0 Å². The third-order valence-electron chi connectivity index (χ3n) is 6.11. The van der Waals surface area contributed by atoms with Crippen LogP contribution in [0.3, 0.4) is 0 Å². The van der Waals surface area contributed by atoms with Gasteiger partial charge in [0.2, 0.25) is 0 Å². The Hall–Kier alpha value is -2.08. The van der Waals surface area contributed by atoms with E-state index in [9.17, 15) is 5.11 Å². The molecule has 5 heteroatoms. The Morgan fingerprint density at radius 2 is 1.68 bits per heavy atom. The van der Waals surface area contributed by atoms with Crippen LogP contribution in [0.25, 0.3) is 0 Å². The van der Waals surface area contributed by atoms with Crippen molar-refractivity contribution in [3.63, 3.8) is 0 Å². The lowest BCUT2D eigenvalue weighted by Gasteiger charge is -2.31. The molecule has 1 aliphatic carbocycles. The Morgan fingerprint density at radius 3 is 2.39 bits per heavy atom. The minimum absolute atomic E-state index is 0.234. The number of methoxy groups -OCH3 is 1. The highest BCUT2D eigenvalue weighted by Crippen LogP contribution is 2.30. The number of aliphatic hydroxyl groups excluding tert-OH is 1. The van der Waals surface area contributed by atoms with Crippen molar-refractivity contribution in [1.29, 1.82) is 0 Å². The van der Waals surface area contributed by atoms with Gasteiger partial charge >= 0.3 is 0 Å². The maximum Gasteiger partial charge on any atom is 0.161 e. The van der Waals surface area contributed by atoms with Gasteiger partial charge in [-0.1, -0.05) is 55.7 Å². The fourth-order valence-corrected chi connectivity index (χ4v) is 4.43. The van der Waals surface area contributed by atoms with E-state index in [1.807, 2.05) is 31.3 Å². The molecule has 2 aromatic carbocycles. The van der Waals surface area contributed by atoms with Gasteiger partial charge in [-0.2, -0.15) is 0 Å². The number of ether oxygens (including phenoxy) is 2. The van der Waals surface area contributed by atoms with Gasteiger partial charge in [-0.25, -0.2) is 0 Å². The first-order chi connectivity index (χ1) is 15.0. The van der Waals surface area contributed by atoms with E-state index in [1.54, 1.807) is 7.11 Å². The van der Waals surface area contributed by atoms with E-state index >= 15 is 0 Å². The quantitative estimate of drug-likeness (QED) is 0.579. The molecule has 0 saturated heterocycles. The van der Waals surface area contributed by atoms with Crippen LogP contribution in [0.2, 0.25) is 0 Å². The summed E-state index contributed by atoms with van der Waals surface area (Å²) in [4.78, 5) is 4.56. The molecule has 1 atom stereocenters. The van der Waals surface area contributed by atoms with E-state index in [0.717, 1.165) is 13.1 Å². The summed E-state index contributed by atoms with van der Waals surface area (Å²) in [5.41, 5.74) is 2.44. The molecule has 0 spiro atoms. The molecule has 1 aliphatic rings. The summed E-state index contributed by atoms with van der Waals surface area (Å²) in [7, 11) is 5.88. The summed E-state index contributed by atoms with van der Waals surface area (Å²) < 4.78 is 11.5. The topological polar surface area (TPSA) is 45.2 Å². The molecule has 31 heavy (non-hydrogen) atoms. The van der Waals surface area contributed by atoms with Crippen molar-refractivity contribution in [2.75, 3.05) is 34.4 Å². The molecule has 1 saturated carbocycles. The maximum absolute atomic E-state index is 10.5. The molecular formula is C26H38N2O3. The second kappa shape index (κ2) is 12.1. The zero-order valence-electron chi connectivity index (χ0n) is 19.3. The number of hydrogen-bond acceptors (Lipinski definition) is 5. The molecule has 0 aliphatic heterocycles. The van der Waals surface area contributed by atoms with Crippen LogP contribution in [0.4, 0.5) is 0 Å². The van der Waals surface area contributed by atoms with Crippen molar-refractivity contribution in [2.45, 2.75) is 57.3 Å². The third kappa shape index (κ3) is 7.53. The van der Waals surface area contributed by atoms with Gasteiger partial charge in [0.1, 0.15) is 12.7 Å². The van der Waals surface area contributed by atoms with Crippen LogP contribution in [0.5, 0.6) is 11.5 Å². The molecule has 0 aromatic heterocycles. The molecule has 2 aromatic rings. The van der Waals surface area contributed by atoms with Gasteiger partial charge in [0.05, 0.1) is 7.11 Å². The second-order valence-electron chi connectivity index (χ2n) is 8.84. The molecule has 1 unspecified atom stereocenters. The normalized spacial score (nSPS) is 15.9. The summed E-state index contributed by atoms with van der Waals surface area (Å²) in [5.74, 6) is 1.40. The number of hydrogen-bond donors (Lipinski definition) is 1. The van der Waals surface area contributed by atoms with Crippen molar-refractivity contribution < 1.29 is 14.6 Å². The summed E-state index contributed by atoms with van der Waals surface area (Å²) in [6, 6.07) is 17.1. The SMILES string of the molecule is COc1ccc(CN(C)C2CCCCC2)cc1OCC(O)CN(C)Cc1ccccc1. The monoisotopic (exact) mass is 426 g/mol. The van der Waals surface area contributed by atoms with Gasteiger partial charge in [-0.15, -0.1) is 0 Å². The fourth-order valence-electron chi connectivity index (χ4n) is 4.43. The van der Waals surface area contributed by atoms with Crippen LogP contribution in [-0.2, 0) is 13.1 Å². The van der Waals surface area contributed by atoms with E-state index in [4.69, 9.17) is 9.47 Å². The van der Waals surface area contributed by atoms with E-state index in [-0.39, 0.29) is 6.61 Å². The highest BCUT2D eigenvalue weighted by atomic mass is 16.5. The van der Waals surface area contributed by atoms with Crippen molar-refractivity contribution in [3.8, 4) is 11.5 Å². The van der Waals surface area contributed by atoms with Crippen LogP contribution in [0.1, 0.15) is 43.2 Å². The molecule has 0 bridgehead atoms. The lowest BCUT2D eigenvalue weighted by Crippen LogP contribution is -2.33. The van der Waals surface area contributed by atoms with Crippen LogP contribution < -0.4 is 9.47 Å². The number of aliphatic hydroxyl groups is 1. The van der Waals surface area contributed by atoms with Gasteiger partial charge in [-0.3, -0.25) is 9.80 Å². The van der Waals surface area contributed by atoms with Crippen LogP contribution >= 0.6 is 0 Å².